The van der Waals surface area contributed by atoms with Gasteiger partial charge in [-0.1, -0.05) is 24.3 Å². The predicted octanol–water partition coefficient (Wildman–Crippen LogP) is 2.86. The van der Waals surface area contributed by atoms with E-state index in [1.54, 1.807) is 0 Å². The molecule has 1 aromatic carbocycles. The van der Waals surface area contributed by atoms with Crippen LogP contribution >= 0.6 is 0 Å². The average molecular weight is 330 g/mol. The number of likely N-dealkylation sites (tertiary alicyclic amines) is 1. The normalized spacial score (nSPS) is 28.6. The molecule has 0 spiro atoms. The van der Waals surface area contributed by atoms with E-state index < -0.39 is 5.79 Å². The number of carbonyl (C=O) groups is 1. The maximum atomic E-state index is 12.8. The van der Waals surface area contributed by atoms with Gasteiger partial charge in [-0.05, 0) is 43.7 Å². The lowest BCUT2D eigenvalue weighted by Crippen LogP contribution is -2.51. The van der Waals surface area contributed by atoms with Crippen LogP contribution in [0.15, 0.2) is 24.3 Å². The van der Waals surface area contributed by atoms with Gasteiger partial charge < -0.3 is 19.7 Å². The average Bonchev–Trinajstić information content (AvgIpc) is 3.23. The van der Waals surface area contributed by atoms with Crippen LogP contribution in [-0.4, -0.2) is 43.0 Å². The second kappa shape index (κ2) is 6.37. The second-order valence-electron chi connectivity index (χ2n) is 7.24. The number of hydrogen-bond donors (Lipinski definition) is 1. The number of ether oxygens (including phenoxy) is 2. The van der Waals surface area contributed by atoms with E-state index in [-0.39, 0.29) is 18.0 Å². The molecule has 2 fully saturated rings. The first kappa shape index (κ1) is 15.9. The topological polar surface area (TPSA) is 50.8 Å². The van der Waals surface area contributed by atoms with Crippen molar-refractivity contribution in [3.8, 4) is 0 Å². The number of nitrogens with zero attached hydrogens (tertiary/aromatic N) is 1. The zero-order valence-corrected chi connectivity index (χ0v) is 14.3. The Labute approximate surface area is 143 Å². The highest BCUT2D eigenvalue weighted by atomic mass is 16.7. The highest BCUT2D eigenvalue weighted by Crippen LogP contribution is 2.35. The fraction of sp³-hybridized carbons (Fsp3) is 0.632. The molecule has 3 aliphatic rings. The minimum Gasteiger partial charge on any atom is -0.347 e. The summed E-state index contributed by atoms with van der Waals surface area (Å²) in [5.74, 6) is -0.283. The first-order valence-corrected chi connectivity index (χ1v) is 9.07. The van der Waals surface area contributed by atoms with E-state index in [1.807, 2.05) is 11.8 Å². The molecule has 130 valence electrons. The number of carbonyl (C=O) groups excluding carboxylic acids is 1. The summed E-state index contributed by atoms with van der Waals surface area (Å²) in [4.78, 5) is 14.7. The highest BCUT2D eigenvalue weighted by Gasteiger charge is 2.42. The largest absolute Gasteiger partial charge is 0.347 e. The number of rotatable bonds is 2. The Balaban J connectivity index is 1.40. The van der Waals surface area contributed by atoms with Crippen LogP contribution in [0.25, 0.3) is 0 Å². The zero-order chi connectivity index (χ0) is 16.6. The maximum absolute atomic E-state index is 12.8. The van der Waals surface area contributed by atoms with Gasteiger partial charge in [0.15, 0.2) is 5.79 Å². The van der Waals surface area contributed by atoms with Gasteiger partial charge in [-0.15, -0.1) is 0 Å². The number of amides is 2. The molecule has 2 atom stereocenters. The van der Waals surface area contributed by atoms with Gasteiger partial charge in [-0.2, -0.15) is 0 Å². The van der Waals surface area contributed by atoms with Crippen LogP contribution in [0.2, 0.25) is 0 Å². The Kier molecular flexibility index (Phi) is 4.22. The quantitative estimate of drug-likeness (QED) is 0.907. The minimum atomic E-state index is -0.529. The van der Waals surface area contributed by atoms with Gasteiger partial charge >= 0.3 is 6.03 Å². The van der Waals surface area contributed by atoms with Crippen molar-refractivity contribution in [3.63, 3.8) is 0 Å². The fourth-order valence-electron chi connectivity index (χ4n) is 4.30. The molecule has 2 aliphatic heterocycles. The van der Waals surface area contributed by atoms with E-state index in [2.05, 4.69) is 29.6 Å². The predicted molar refractivity (Wildman–Crippen MR) is 90.6 cm³/mol. The molecular weight excluding hydrogens is 304 g/mol. The smallest absolute Gasteiger partial charge is 0.317 e. The Morgan fingerprint density at radius 3 is 2.88 bits per heavy atom. The summed E-state index contributed by atoms with van der Waals surface area (Å²) in [6, 6.07) is 8.60. The molecular formula is C19H26N2O3. The minimum absolute atomic E-state index is 0.0444. The number of fused-ring (bicyclic) bond motifs is 1. The van der Waals surface area contributed by atoms with Crippen molar-refractivity contribution < 1.29 is 14.3 Å². The first-order valence-electron chi connectivity index (χ1n) is 9.07. The summed E-state index contributed by atoms with van der Waals surface area (Å²) in [6.07, 6.45) is 4.09. The summed E-state index contributed by atoms with van der Waals surface area (Å²) >= 11 is 0. The number of piperidine rings is 1. The molecule has 1 aliphatic carbocycles. The van der Waals surface area contributed by atoms with Gasteiger partial charge in [0, 0.05) is 19.0 Å². The summed E-state index contributed by atoms with van der Waals surface area (Å²) in [6.45, 7) is 4.83. The molecule has 0 radical (unpaired) electrons. The first-order chi connectivity index (χ1) is 11.7. The molecule has 2 saturated heterocycles. The van der Waals surface area contributed by atoms with Crippen LogP contribution in [0.5, 0.6) is 0 Å². The monoisotopic (exact) mass is 330 g/mol. The van der Waals surface area contributed by atoms with Crippen LogP contribution < -0.4 is 5.32 Å². The fourth-order valence-corrected chi connectivity index (χ4v) is 4.30. The Morgan fingerprint density at radius 2 is 2.04 bits per heavy atom. The van der Waals surface area contributed by atoms with E-state index in [9.17, 15) is 4.79 Å². The lowest BCUT2D eigenvalue weighted by molar-refractivity contribution is -0.189. The molecule has 0 bridgehead atoms. The molecule has 2 heterocycles. The molecule has 1 N–H and O–H groups in total. The number of urea groups is 1. The van der Waals surface area contributed by atoms with Crippen molar-refractivity contribution in [3.05, 3.63) is 35.4 Å². The molecule has 0 unspecified atom stereocenters. The van der Waals surface area contributed by atoms with Crippen molar-refractivity contribution in [2.45, 2.75) is 44.4 Å². The summed E-state index contributed by atoms with van der Waals surface area (Å²) in [5, 5.41) is 3.23. The van der Waals surface area contributed by atoms with Crippen LogP contribution in [0, 0.1) is 5.92 Å². The second-order valence-corrected chi connectivity index (χ2v) is 7.24. The van der Waals surface area contributed by atoms with Crippen LogP contribution in [0.4, 0.5) is 4.79 Å². The van der Waals surface area contributed by atoms with Crippen LogP contribution in [0.3, 0.4) is 0 Å². The molecule has 0 aromatic heterocycles. The van der Waals surface area contributed by atoms with Gasteiger partial charge in [0.1, 0.15) is 0 Å². The third-order valence-corrected chi connectivity index (χ3v) is 5.74. The van der Waals surface area contributed by atoms with Crippen molar-refractivity contribution in [1.29, 1.82) is 0 Å². The van der Waals surface area contributed by atoms with Crippen LogP contribution in [0.1, 0.15) is 43.4 Å². The van der Waals surface area contributed by atoms with Crippen molar-refractivity contribution in [1.82, 2.24) is 10.2 Å². The summed E-state index contributed by atoms with van der Waals surface area (Å²) < 4.78 is 11.6. The molecule has 5 heteroatoms. The van der Waals surface area contributed by atoms with Gasteiger partial charge in [0.25, 0.3) is 0 Å². The molecule has 1 aromatic rings. The highest BCUT2D eigenvalue weighted by molar-refractivity contribution is 5.75. The SMILES string of the molecule is CC1([C@H]2CCCN(C(=O)N[C@@H]3CCc4ccccc43)C2)OCCO1. The van der Waals surface area contributed by atoms with Gasteiger partial charge in [0.05, 0.1) is 19.3 Å². The van der Waals surface area contributed by atoms with E-state index in [0.717, 1.165) is 32.2 Å². The third kappa shape index (κ3) is 2.91. The Hall–Kier alpha value is -1.59. The summed E-state index contributed by atoms with van der Waals surface area (Å²) in [7, 11) is 0. The number of benzene rings is 1. The Bertz CT molecular complexity index is 612. The van der Waals surface area contributed by atoms with Crippen LogP contribution in [-0.2, 0) is 15.9 Å². The molecule has 0 saturated carbocycles. The molecule has 24 heavy (non-hydrogen) atoms. The lowest BCUT2D eigenvalue weighted by atomic mass is 9.90. The number of hydrogen-bond acceptors (Lipinski definition) is 3. The zero-order valence-electron chi connectivity index (χ0n) is 14.3. The maximum Gasteiger partial charge on any atom is 0.317 e. The van der Waals surface area contributed by atoms with E-state index in [1.165, 1.54) is 11.1 Å². The number of aryl methyl sites for hydroxylation is 1. The molecule has 2 amide bonds. The lowest BCUT2D eigenvalue weighted by Gasteiger charge is -2.40. The molecule has 4 rings (SSSR count). The molecule has 5 nitrogen and oxygen atoms in total. The standard InChI is InChI=1S/C19H26N2O3/c1-19(23-11-12-24-19)15-6-4-10-21(13-15)18(22)20-17-9-8-14-5-2-3-7-16(14)17/h2-3,5,7,15,17H,4,6,8-13H2,1H3,(H,20,22)/t15-,17+/m0/s1. The third-order valence-electron chi connectivity index (χ3n) is 5.74. The van der Waals surface area contributed by atoms with E-state index in [0.29, 0.717) is 19.8 Å². The van der Waals surface area contributed by atoms with Crippen molar-refractivity contribution in [2.24, 2.45) is 5.92 Å². The Morgan fingerprint density at radius 1 is 1.25 bits per heavy atom. The van der Waals surface area contributed by atoms with Gasteiger partial charge in [-0.3, -0.25) is 0 Å². The van der Waals surface area contributed by atoms with Crippen molar-refractivity contribution in [2.75, 3.05) is 26.3 Å². The van der Waals surface area contributed by atoms with E-state index in [4.69, 9.17) is 9.47 Å². The van der Waals surface area contributed by atoms with Gasteiger partial charge in [-0.25, -0.2) is 4.79 Å². The number of nitrogens with one attached hydrogen (secondary N) is 1. The van der Waals surface area contributed by atoms with Crippen molar-refractivity contribution >= 4 is 6.03 Å². The van der Waals surface area contributed by atoms with Gasteiger partial charge in [0.2, 0.25) is 0 Å². The summed E-state index contributed by atoms with van der Waals surface area (Å²) in [5.41, 5.74) is 2.63. The van der Waals surface area contributed by atoms with E-state index >= 15 is 0 Å².